The lowest BCUT2D eigenvalue weighted by Gasteiger charge is -2.39. The normalized spacial score (nSPS) is 29.1. The van der Waals surface area contributed by atoms with Crippen molar-refractivity contribution in [1.29, 1.82) is 0 Å². The fraction of sp³-hybridized carbons (Fsp3) is 0.632. The van der Waals surface area contributed by atoms with Crippen molar-refractivity contribution in [3.63, 3.8) is 0 Å². The van der Waals surface area contributed by atoms with Crippen LogP contribution >= 0.6 is 0 Å². The zero-order valence-electron chi connectivity index (χ0n) is 14.0. The molecule has 3 fully saturated rings. The first-order valence-electron chi connectivity index (χ1n) is 8.96. The van der Waals surface area contributed by atoms with Crippen LogP contribution < -0.4 is 4.74 Å². The van der Waals surface area contributed by atoms with Crippen LogP contribution in [-0.2, 0) is 14.3 Å². The van der Waals surface area contributed by atoms with Crippen LogP contribution in [-0.4, -0.2) is 55.4 Å². The Bertz CT molecular complexity index is 562. The minimum absolute atomic E-state index is 0.0673. The Morgan fingerprint density at radius 2 is 1.96 bits per heavy atom. The van der Waals surface area contributed by atoms with E-state index in [2.05, 4.69) is 0 Å². The zero-order valence-corrected chi connectivity index (χ0v) is 14.0. The number of para-hydroxylation sites is 1. The van der Waals surface area contributed by atoms with Gasteiger partial charge in [-0.3, -0.25) is 4.79 Å². The fourth-order valence-corrected chi connectivity index (χ4v) is 4.04. The Morgan fingerprint density at radius 1 is 1.17 bits per heavy atom. The summed E-state index contributed by atoms with van der Waals surface area (Å²) in [5.74, 6) is 1.23. The number of nitrogens with zero attached hydrogens (tertiary/aromatic N) is 1. The van der Waals surface area contributed by atoms with Crippen molar-refractivity contribution in [3.05, 3.63) is 30.3 Å². The lowest BCUT2D eigenvalue weighted by molar-refractivity contribution is -0.140. The molecular weight excluding hydrogens is 306 g/mol. The molecule has 5 heteroatoms. The number of hydrogen-bond acceptors (Lipinski definition) is 4. The van der Waals surface area contributed by atoms with Crippen molar-refractivity contribution in [2.24, 2.45) is 5.92 Å². The summed E-state index contributed by atoms with van der Waals surface area (Å²) in [6.07, 6.45) is 3.69. The van der Waals surface area contributed by atoms with E-state index in [1.807, 2.05) is 35.2 Å². The number of carbonyl (C=O) groups is 1. The smallest absolute Gasteiger partial charge is 0.228 e. The van der Waals surface area contributed by atoms with E-state index in [9.17, 15) is 4.79 Å². The Balaban J connectivity index is 1.30. The molecule has 0 N–H and O–H groups in total. The average Bonchev–Trinajstić information content (AvgIpc) is 3.27. The van der Waals surface area contributed by atoms with Crippen molar-refractivity contribution in [1.82, 2.24) is 4.90 Å². The van der Waals surface area contributed by atoms with Crippen molar-refractivity contribution < 1.29 is 19.0 Å². The maximum absolute atomic E-state index is 12.5. The number of carbonyl (C=O) groups excluding carboxylic acids is 1. The molecular formula is C19H25NO4. The summed E-state index contributed by atoms with van der Waals surface area (Å²) in [5.41, 5.74) is -0.109. The number of amides is 1. The molecule has 1 aromatic carbocycles. The molecule has 0 bridgehead atoms. The molecule has 1 spiro atoms. The third-order valence-electron chi connectivity index (χ3n) is 5.49. The topological polar surface area (TPSA) is 48.0 Å². The molecule has 3 aliphatic rings. The van der Waals surface area contributed by atoms with Gasteiger partial charge in [-0.25, -0.2) is 0 Å². The Hall–Kier alpha value is -1.59. The highest BCUT2D eigenvalue weighted by Crippen LogP contribution is 2.37. The third-order valence-corrected chi connectivity index (χ3v) is 5.49. The fourth-order valence-electron chi connectivity index (χ4n) is 4.04. The van der Waals surface area contributed by atoms with Crippen molar-refractivity contribution in [3.8, 4) is 5.75 Å². The largest absolute Gasteiger partial charge is 0.488 e. The first-order chi connectivity index (χ1) is 11.7. The highest BCUT2D eigenvalue weighted by molar-refractivity contribution is 5.79. The van der Waals surface area contributed by atoms with Gasteiger partial charge >= 0.3 is 0 Å². The molecule has 0 unspecified atom stereocenters. The van der Waals surface area contributed by atoms with E-state index >= 15 is 0 Å². The van der Waals surface area contributed by atoms with Gasteiger partial charge in [0.25, 0.3) is 0 Å². The second-order valence-electron chi connectivity index (χ2n) is 7.14. The summed E-state index contributed by atoms with van der Waals surface area (Å²) < 4.78 is 17.5. The summed E-state index contributed by atoms with van der Waals surface area (Å²) in [7, 11) is 0. The number of hydrogen-bond donors (Lipinski definition) is 0. The molecule has 4 rings (SSSR count). The van der Waals surface area contributed by atoms with Crippen molar-refractivity contribution >= 4 is 5.91 Å². The second kappa shape index (κ2) is 6.73. The Labute approximate surface area is 142 Å². The molecule has 0 aromatic heterocycles. The van der Waals surface area contributed by atoms with Crippen LogP contribution in [0.3, 0.4) is 0 Å². The molecule has 3 saturated heterocycles. The van der Waals surface area contributed by atoms with E-state index in [0.717, 1.165) is 51.1 Å². The van der Waals surface area contributed by atoms with E-state index in [0.29, 0.717) is 13.2 Å². The van der Waals surface area contributed by atoms with Crippen LogP contribution in [0.4, 0.5) is 0 Å². The van der Waals surface area contributed by atoms with Crippen molar-refractivity contribution in [2.45, 2.75) is 37.4 Å². The van der Waals surface area contributed by atoms with Gasteiger partial charge in [0, 0.05) is 26.1 Å². The molecule has 5 nitrogen and oxygen atoms in total. The minimum atomic E-state index is -0.109. The van der Waals surface area contributed by atoms with Gasteiger partial charge in [0.2, 0.25) is 5.91 Å². The van der Waals surface area contributed by atoms with Gasteiger partial charge in [0.05, 0.1) is 24.7 Å². The second-order valence-corrected chi connectivity index (χ2v) is 7.14. The van der Waals surface area contributed by atoms with Crippen LogP contribution in [0.5, 0.6) is 5.75 Å². The summed E-state index contributed by atoms with van der Waals surface area (Å²) >= 11 is 0. The minimum Gasteiger partial charge on any atom is -0.488 e. The van der Waals surface area contributed by atoms with Gasteiger partial charge in [-0.1, -0.05) is 18.2 Å². The van der Waals surface area contributed by atoms with E-state index in [-0.39, 0.29) is 23.5 Å². The number of ether oxygens (including phenoxy) is 3. The molecule has 0 saturated carbocycles. The molecule has 3 aliphatic heterocycles. The van der Waals surface area contributed by atoms with Gasteiger partial charge in [-0.2, -0.15) is 0 Å². The monoisotopic (exact) mass is 331 g/mol. The standard InChI is InChI=1S/C19H25NO4/c21-18(15-6-11-22-13-15)20-9-7-19(8-10-20)12-17(14-23-19)24-16-4-2-1-3-5-16/h1-5,15,17H,6-14H2/t15-,17+/m1/s1. The number of benzene rings is 1. The van der Waals surface area contributed by atoms with Crippen LogP contribution in [0.2, 0.25) is 0 Å². The highest BCUT2D eigenvalue weighted by atomic mass is 16.6. The van der Waals surface area contributed by atoms with E-state index in [1.54, 1.807) is 0 Å². The first-order valence-corrected chi connectivity index (χ1v) is 8.96. The highest BCUT2D eigenvalue weighted by Gasteiger charge is 2.45. The van der Waals surface area contributed by atoms with Gasteiger partial charge in [-0.05, 0) is 31.4 Å². The first kappa shape index (κ1) is 15.9. The van der Waals surface area contributed by atoms with Crippen molar-refractivity contribution in [2.75, 3.05) is 32.9 Å². The zero-order chi connectivity index (χ0) is 16.4. The van der Waals surface area contributed by atoms with Crippen LogP contribution in [0.25, 0.3) is 0 Å². The van der Waals surface area contributed by atoms with E-state index in [1.165, 1.54) is 0 Å². The molecule has 0 radical (unpaired) electrons. The maximum Gasteiger partial charge on any atom is 0.228 e. The SMILES string of the molecule is O=C([C@@H]1CCOC1)N1CCC2(CC1)C[C@H](Oc1ccccc1)CO2. The van der Waals surface area contributed by atoms with E-state index < -0.39 is 0 Å². The predicted molar refractivity (Wildman–Crippen MR) is 88.9 cm³/mol. The molecule has 1 amide bonds. The van der Waals surface area contributed by atoms with Gasteiger partial charge in [-0.15, -0.1) is 0 Å². The summed E-state index contributed by atoms with van der Waals surface area (Å²) in [5, 5.41) is 0. The molecule has 24 heavy (non-hydrogen) atoms. The van der Waals surface area contributed by atoms with Gasteiger partial charge in [0.1, 0.15) is 11.9 Å². The lowest BCUT2D eigenvalue weighted by atomic mass is 9.87. The summed E-state index contributed by atoms with van der Waals surface area (Å²) in [6.45, 7) is 3.51. The van der Waals surface area contributed by atoms with E-state index in [4.69, 9.17) is 14.2 Å². The summed E-state index contributed by atoms with van der Waals surface area (Å²) in [6, 6.07) is 9.92. The Kier molecular flexibility index (Phi) is 4.46. The third kappa shape index (κ3) is 3.28. The molecule has 1 aromatic rings. The maximum atomic E-state index is 12.5. The van der Waals surface area contributed by atoms with Gasteiger partial charge in [0.15, 0.2) is 0 Å². The number of likely N-dealkylation sites (tertiary alicyclic amines) is 1. The summed E-state index contributed by atoms with van der Waals surface area (Å²) in [4.78, 5) is 14.5. The molecule has 130 valence electrons. The predicted octanol–water partition coefficient (Wildman–Crippen LogP) is 2.25. The average molecular weight is 331 g/mol. The van der Waals surface area contributed by atoms with Crippen LogP contribution in [0.15, 0.2) is 30.3 Å². The Morgan fingerprint density at radius 3 is 2.67 bits per heavy atom. The molecule has 0 aliphatic carbocycles. The lowest BCUT2D eigenvalue weighted by Crippen LogP contribution is -2.48. The molecule has 2 atom stereocenters. The quantitative estimate of drug-likeness (QED) is 0.852. The number of piperidine rings is 1. The molecule has 3 heterocycles. The van der Waals surface area contributed by atoms with Gasteiger partial charge < -0.3 is 19.1 Å². The number of rotatable bonds is 3. The van der Waals surface area contributed by atoms with Crippen LogP contribution in [0, 0.1) is 5.92 Å². The van der Waals surface area contributed by atoms with Crippen LogP contribution in [0.1, 0.15) is 25.7 Å².